The summed E-state index contributed by atoms with van der Waals surface area (Å²) in [5, 5.41) is 10.5. The summed E-state index contributed by atoms with van der Waals surface area (Å²) in [5.41, 5.74) is 2.25. The zero-order valence-electron chi connectivity index (χ0n) is 19.9. The van der Waals surface area contributed by atoms with E-state index < -0.39 is 0 Å². The van der Waals surface area contributed by atoms with Crippen LogP contribution in [-0.2, 0) is 17.8 Å². The van der Waals surface area contributed by atoms with Gasteiger partial charge in [-0.05, 0) is 51.7 Å². The number of rotatable bonds is 11. The number of hydrogen-bond donors (Lipinski definition) is 2. The first-order valence-electron chi connectivity index (χ1n) is 11.0. The Labute approximate surface area is 185 Å². The summed E-state index contributed by atoms with van der Waals surface area (Å²) in [7, 11) is 1.73. The Morgan fingerprint density at radius 1 is 1.16 bits per heavy atom. The fraction of sp³-hybridized carbons (Fsp3) is 0.609. The molecular formula is C23H37N5O3. The predicted molar refractivity (Wildman–Crippen MR) is 122 cm³/mol. The Hall–Kier alpha value is -2.61. The highest BCUT2D eigenvalue weighted by molar-refractivity contribution is 5.79. The molecule has 1 heterocycles. The molecule has 0 amide bonds. The van der Waals surface area contributed by atoms with Gasteiger partial charge in [0, 0.05) is 25.8 Å². The molecule has 172 valence electrons. The molecule has 8 nitrogen and oxygen atoms in total. The molecule has 8 heteroatoms. The van der Waals surface area contributed by atoms with Gasteiger partial charge in [0.25, 0.3) is 0 Å². The third-order valence-electron chi connectivity index (χ3n) is 4.70. The molecule has 2 aromatic rings. The Morgan fingerprint density at radius 2 is 1.90 bits per heavy atom. The van der Waals surface area contributed by atoms with Crippen molar-refractivity contribution < 1.29 is 14.0 Å². The van der Waals surface area contributed by atoms with Crippen LogP contribution in [0.5, 0.6) is 5.75 Å². The lowest BCUT2D eigenvalue weighted by molar-refractivity contribution is 0.0683. The highest BCUT2D eigenvalue weighted by Crippen LogP contribution is 2.23. The van der Waals surface area contributed by atoms with Crippen molar-refractivity contribution in [1.29, 1.82) is 0 Å². The van der Waals surface area contributed by atoms with E-state index in [1.165, 1.54) is 5.56 Å². The van der Waals surface area contributed by atoms with E-state index in [0.29, 0.717) is 43.3 Å². The first-order valence-corrected chi connectivity index (χ1v) is 11.0. The zero-order chi connectivity index (χ0) is 22.8. The molecule has 0 spiro atoms. The van der Waals surface area contributed by atoms with Gasteiger partial charge in [0.15, 0.2) is 11.8 Å². The van der Waals surface area contributed by atoms with Crippen molar-refractivity contribution in [1.82, 2.24) is 20.8 Å². The maximum Gasteiger partial charge on any atom is 0.246 e. The van der Waals surface area contributed by atoms with Gasteiger partial charge < -0.3 is 24.6 Å². The molecule has 0 fully saturated rings. The predicted octanol–water partition coefficient (Wildman–Crippen LogP) is 4.15. The summed E-state index contributed by atoms with van der Waals surface area (Å²) in [6, 6.07) is 6.27. The second-order valence-electron chi connectivity index (χ2n) is 8.09. The van der Waals surface area contributed by atoms with Crippen molar-refractivity contribution >= 4 is 5.96 Å². The molecule has 0 bridgehead atoms. The van der Waals surface area contributed by atoms with Crippen LogP contribution in [0.2, 0.25) is 0 Å². The monoisotopic (exact) mass is 431 g/mol. The lowest BCUT2D eigenvalue weighted by atomic mass is 10.1. The van der Waals surface area contributed by atoms with E-state index in [1.54, 1.807) is 7.05 Å². The minimum Gasteiger partial charge on any atom is -0.490 e. The molecule has 1 aromatic carbocycles. The zero-order valence-corrected chi connectivity index (χ0v) is 19.9. The number of hydrogen-bond acceptors (Lipinski definition) is 6. The van der Waals surface area contributed by atoms with Crippen LogP contribution in [0, 0.1) is 12.8 Å². The van der Waals surface area contributed by atoms with Gasteiger partial charge in [-0.2, -0.15) is 4.98 Å². The van der Waals surface area contributed by atoms with E-state index in [-0.39, 0.29) is 12.2 Å². The first kappa shape index (κ1) is 24.7. The third kappa shape index (κ3) is 8.20. The molecule has 0 saturated carbocycles. The third-order valence-corrected chi connectivity index (χ3v) is 4.70. The van der Waals surface area contributed by atoms with Crippen molar-refractivity contribution in [3.63, 3.8) is 0 Å². The van der Waals surface area contributed by atoms with E-state index in [9.17, 15) is 0 Å². The molecule has 2 N–H and O–H groups in total. The average Bonchev–Trinajstić information content (AvgIpc) is 3.18. The molecule has 0 saturated heterocycles. The van der Waals surface area contributed by atoms with Crippen molar-refractivity contribution in [2.24, 2.45) is 10.9 Å². The SMILES string of the molecule is CCOC(C)c1noc(CNC(=NC)NCc2ccc(C)cc2OC(C)CC(C)C)n1. The number of nitrogens with zero attached hydrogens (tertiary/aromatic N) is 3. The Balaban J connectivity index is 1.94. The van der Waals surface area contributed by atoms with Crippen molar-refractivity contribution in [3.8, 4) is 5.75 Å². The molecule has 0 radical (unpaired) electrons. The summed E-state index contributed by atoms with van der Waals surface area (Å²) in [5.74, 6) is 3.15. The molecule has 0 aliphatic carbocycles. The van der Waals surface area contributed by atoms with Crippen LogP contribution < -0.4 is 15.4 Å². The fourth-order valence-corrected chi connectivity index (χ4v) is 3.23. The van der Waals surface area contributed by atoms with Crippen molar-refractivity contribution in [3.05, 3.63) is 41.0 Å². The highest BCUT2D eigenvalue weighted by Gasteiger charge is 2.14. The lowest BCUT2D eigenvalue weighted by Gasteiger charge is -2.20. The van der Waals surface area contributed by atoms with Gasteiger partial charge in [0.1, 0.15) is 11.9 Å². The minimum absolute atomic E-state index is 0.156. The van der Waals surface area contributed by atoms with E-state index >= 15 is 0 Å². The minimum atomic E-state index is -0.196. The fourth-order valence-electron chi connectivity index (χ4n) is 3.23. The molecular weight excluding hydrogens is 394 g/mol. The van der Waals surface area contributed by atoms with Gasteiger partial charge in [-0.3, -0.25) is 4.99 Å². The van der Waals surface area contributed by atoms with E-state index in [0.717, 1.165) is 17.7 Å². The summed E-state index contributed by atoms with van der Waals surface area (Å²) in [6.45, 7) is 14.0. The number of guanidine groups is 1. The molecule has 0 aliphatic heterocycles. The van der Waals surface area contributed by atoms with Crippen molar-refractivity contribution in [2.45, 2.75) is 73.3 Å². The Bertz CT molecular complexity index is 834. The highest BCUT2D eigenvalue weighted by atomic mass is 16.5. The van der Waals surface area contributed by atoms with Crippen LogP contribution in [0.3, 0.4) is 0 Å². The van der Waals surface area contributed by atoms with E-state index in [2.05, 4.69) is 71.7 Å². The Kier molecular flexibility index (Phi) is 9.78. The normalized spacial score (nSPS) is 13.9. The van der Waals surface area contributed by atoms with Gasteiger partial charge in [-0.25, -0.2) is 0 Å². The number of nitrogens with one attached hydrogen (secondary N) is 2. The van der Waals surface area contributed by atoms with Crippen LogP contribution in [0.4, 0.5) is 0 Å². The summed E-state index contributed by atoms with van der Waals surface area (Å²) in [6.07, 6.45) is 0.972. The summed E-state index contributed by atoms with van der Waals surface area (Å²) < 4.78 is 17.0. The number of benzene rings is 1. The molecule has 2 atom stereocenters. The smallest absolute Gasteiger partial charge is 0.246 e. The van der Waals surface area contributed by atoms with Crippen LogP contribution in [0.25, 0.3) is 0 Å². The second kappa shape index (κ2) is 12.3. The van der Waals surface area contributed by atoms with Crippen LogP contribution >= 0.6 is 0 Å². The number of aryl methyl sites for hydroxylation is 1. The maximum atomic E-state index is 6.23. The largest absolute Gasteiger partial charge is 0.490 e. The van der Waals surface area contributed by atoms with Gasteiger partial charge in [-0.15, -0.1) is 0 Å². The molecule has 0 aliphatic rings. The van der Waals surface area contributed by atoms with Crippen LogP contribution in [0.1, 0.15) is 70.0 Å². The van der Waals surface area contributed by atoms with Gasteiger partial charge in [0.05, 0.1) is 12.6 Å². The first-order chi connectivity index (χ1) is 14.8. The summed E-state index contributed by atoms with van der Waals surface area (Å²) in [4.78, 5) is 8.64. The van der Waals surface area contributed by atoms with E-state index in [4.69, 9.17) is 14.0 Å². The number of aromatic nitrogens is 2. The topological polar surface area (TPSA) is 93.8 Å². The van der Waals surface area contributed by atoms with Gasteiger partial charge in [0.2, 0.25) is 5.89 Å². The van der Waals surface area contributed by atoms with Gasteiger partial charge in [-0.1, -0.05) is 31.1 Å². The molecule has 2 rings (SSSR count). The molecule has 31 heavy (non-hydrogen) atoms. The van der Waals surface area contributed by atoms with Gasteiger partial charge >= 0.3 is 0 Å². The number of ether oxygens (including phenoxy) is 2. The molecule has 1 aromatic heterocycles. The maximum absolute atomic E-state index is 6.23. The molecule has 2 unspecified atom stereocenters. The van der Waals surface area contributed by atoms with Crippen LogP contribution in [-0.4, -0.2) is 35.9 Å². The average molecular weight is 432 g/mol. The van der Waals surface area contributed by atoms with E-state index in [1.807, 2.05) is 13.8 Å². The summed E-state index contributed by atoms with van der Waals surface area (Å²) >= 11 is 0. The lowest BCUT2D eigenvalue weighted by Crippen LogP contribution is -2.36. The number of aliphatic imine (C=N–C) groups is 1. The van der Waals surface area contributed by atoms with Crippen LogP contribution in [0.15, 0.2) is 27.7 Å². The quantitative estimate of drug-likeness (QED) is 0.408. The Morgan fingerprint density at radius 3 is 2.58 bits per heavy atom. The standard InChI is InChI=1S/C23H37N5O3/c1-8-29-18(6)22-27-21(31-28-22)14-26-23(24-7)25-13-19-10-9-16(4)12-20(19)30-17(5)11-15(2)3/h9-10,12,15,17-18H,8,11,13-14H2,1-7H3,(H2,24,25,26). The van der Waals surface area contributed by atoms with Crippen molar-refractivity contribution in [2.75, 3.05) is 13.7 Å². The second-order valence-corrected chi connectivity index (χ2v) is 8.09.